The summed E-state index contributed by atoms with van der Waals surface area (Å²) in [5.41, 5.74) is 7.71. The minimum absolute atomic E-state index is 0. The van der Waals surface area contributed by atoms with E-state index >= 15 is 0 Å². The quantitative estimate of drug-likeness (QED) is 0.555. The van der Waals surface area contributed by atoms with E-state index in [0.29, 0.717) is 22.7 Å². The molecule has 0 radical (unpaired) electrons. The maximum absolute atomic E-state index is 10.6. The van der Waals surface area contributed by atoms with Gasteiger partial charge in [-0.2, -0.15) is 0 Å². The minimum atomic E-state index is -1.17. The summed E-state index contributed by atoms with van der Waals surface area (Å²) >= 11 is 0. The smallest absolute Gasteiger partial charge is 0.550 e. The van der Waals surface area contributed by atoms with Gasteiger partial charge in [-0.25, -0.2) is 0 Å². The van der Waals surface area contributed by atoms with Crippen LogP contribution < -0.4 is 45.1 Å². The summed E-state index contributed by atoms with van der Waals surface area (Å²) in [5, 5.41) is 10.6. The van der Waals surface area contributed by atoms with Crippen molar-refractivity contribution in [2.24, 2.45) is 0 Å². The average Bonchev–Trinajstić information content (AvgIpc) is 2.36. The first-order chi connectivity index (χ1) is 9.08. The van der Waals surface area contributed by atoms with E-state index in [1.54, 1.807) is 18.2 Å². The number of aliphatic carboxylic acids is 1. The van der Waals surface area contributed by atoms with Gasteiger partial charge in [-0.3, -0.25) is 0 Å². The van der Waals surface area contributed by atoms with Crippen LogP contribution in [-0.4, -0.2) is 5.97 Å². The number of carboxylic acids is 1. The summed E-state index contributed by atoms with van der Waals surface area (Å²) in [5.74, 6) is -0.0207. The molecule has 0 fully saturated rings. The van der Waals surface area contributed by atoms with Crippen LogP contribution in [0.4, 0.5) is 5.69 Å². The summed E-state index contributed by atoms with van der Waals surface area (Å²) in [6.07, 6.45) is -0.225. The average molecular weight is 279 g/mol. The molecule has 5 heteroatoms. The number of benzene rings is 2. The Morgan fingerprint density at radius 3 is 2.45 bits per heavy atom. The second kappa shape index (κ2) is 7.33. The molecule has 0 amide bonds. The summed E-state index contributed by atoms with van der Waals surface area (Å²) < 4.78 is 5.72. The summed E-state index contributed by atoms with van der Waals surface area (Å²) in [7, 11) is 0. The van der Waals surface area contributed by atoms with Crippen LogP contribution in [0.25, 0.3) is 0 Å². The summed E-state index contributed by atoms with van der Waals surface area (Å²) in [6, 6.07) is 12.6. The molecule has 0 saturated heterocycles. The second-order valence-corrected chi connectivity index (χ2v) is 4.25. The number of hydrogen-bond donors (Lipinski definition) is 1. The van der Waals surface area contributed by atoms with Gasteiger partial charge in [-0.15, -0.1) is 0 Å². The predicted octanol–water partition coefficient (Wildman–Crippen LogP) is -1.33. The Hall–Kier alpha value is -1.49. The SMILES string of the molecule is Cc1ccccc1Oc1cccc(CC(=O)[O-])c1N.[Na+]. The van der Waals surface area contributed by atoms with Crippen molar-refractivity contribution in [3.63, 3.8) is 0 Å². The summed E-state index contributed by atoms with van der Waals surface area (Å²) in [6.45, 7) is 1.93. The Morgan fingerprint density at radius 1 is 1.15 bits per heavy atom. The molecule has 0 aromatic heterocycles. The van der Waals surface area contributed by atoms with E-state index in [-0.39, 0.29) is 36.0 Å². The molecule has 0 spiro atoms. The van der Waals surface area contributed by atoms with Crippen molar-refractivity contribution >= 4 is 11.7 Å². The maximum Gasteiger partial charge on any atom is 1.00 e. The van der Waals surface area contributed by atoms with E-state index < -0.39 is 5.97 Å². The topological polar surface area (TPSA) is 75.4 Å². The van der Waals surface area contributed by atoms with E-state index in [9.17, 15) is 9.90 Å². The monoisotopic (exact) mass is 279 g/mol. The molecule has 0 atom stereocenters. The molecule has 98 valence electrons. The van der Waals surface area contributed by atoms with Crippen LogP contribution >= 0.6 is 0 Å². The Bertz CT molecular complexity index is 614. The number of carboxylic acid groups (broad SMARTS) is 1. The molecular weight excluding hydrogens is 265 g/mol. The molecule has 0 aliphatic rings. The van der Waals surface area contributed by atoms with Crippen molar-refractivity contribution in [2.75, 3.05) is 5.73 Å². The molecule has 0 aliphatic heterocycles. The number of ether oxygens (including phenoxy) is 1. The molecule has 0 bridgehead atoms. The third kappa shape index (κ3) is 4.00. The molecule has 2 N–H and O–H groups in total. The number of carbonyl (C=O) groups is 1. The fraction of sp³-hybridized carbons (Fsp3) is 0.133. The van der Waals surface area contributed by atoms with Crippen molar-refractivity contribution in [3.8, 4) is 11.5 Å². The van der Waals surface area contributed by atoms with Crippen molar-refractivity contribution in [2.45, 2.75) is 13.3 Å². The number of para-hydroxylation sites is 2. The molecule has 2 rings (SSSR count). The first-order valence-electron chi connectivity index (χ1n) is 5.88. The van der Waals surface area contributed by atoms with E-state index in [0.717, 1.165) is 5.56 Å². The fourth-order valence-corrected chi connectivity index (χ4v) is 1.78. The van der Waals surface area contributed by atoms with Gasteiger partial charge in [0.05, 0.1) is 5.69 Å². The molecule has 2 aromatic rings. The predicted molar refractivity (Wildman–Crippen MR) is 70.8 cm³/mol. The van der Waals surface area contributed by atoms with Crippen LogP contribution in [0.1, 0.15) is 11.1 Å². The molecule has 4 nitrogen and oxygen atoms in total. The van der Waals surface area contributed by atoms with Gasteiger partial charge in [-0.1, -0.05) is 30.3 Å². The Morgan fingerprint density at radius 2 is 1.80 bits per heavy atom. The van der Waals surface area contributed by atoms with Crippen LogP contribution in [0.3, 0.4) is 0 Å². The van der Waals surface area contributed by atoms with Gasteiger partial charge in [0, 0.05) is 12.4 Å². The van der Waals surface area contributed by atoms with Crippen LogP contribution in [-0.2, 0) is 11.2 Å². The fourth-order valence-electron chi connectivity index (χ4n) is 1.78. The number of rotatable bonds is 4. The number of carbonyl (C=O) groups excluding carboxylic acids is 1. The summed E-state index contributed by atoms with van der Waals surface area (Å²) in [4.78, 5) is 10.6. The zero-order valence-electron chi connectivity index (χ0n) is 11.6. The molecule has 0 aliphatic carbocycles. The minimum Gasteiger partial charge on any atom is -0.550 e. The molecule has 0 unspecified atom stereocenters. The second-order valence-electron chi connectivity index (χ2n) is 4.25. The largest absolute Gasteiger partial charge is 1.00 e. The molecule has 2 aromatic carbocycles. The molecule has 0 heterocycles. The van der Waals surface area contributed by atoms with Crippen LogP contribution in [0.2, 0.25) is 0 Å². The van der Waals surface area contributed by atoms with Gasteiger partial charge in [0.25, 0.3) is 0 Å². The first kappa shape index (κ1) is 16.6. The maximum atomic E-state index is 10.6. The number of aryl methyl sites for hydroxylation is 1. The molecular formula is C15H14NNaO3. The molecule has 20 heavy (non-hydrogen) atoms. The van der Waals surface area contributed by atoms with Gasteiger partial charge >= 0.3 is 29.6 Å². The van der Waals surface area contributed by atoms with Crippen LogP contribution in [0.15, 0.2) is 42.5 Å². The zero-order chi connectivity index (χ0) is 13.8. The van der Waals surface area contributed by atoms with E-state index in [1.165, 1.54) is 0 Å². The van der Waals surface area contributed by atoms with Crippen molar-refractivity contribution in [3.05, 3.63) is 53.6 Å². The van der Waals surface area contributed by atoms with Gasteiger partial charge in [0.2, 0.25) is 0 Å². The van der Waals surface area contributed by atoms with Crippen molar-refractivity contribution < 1.29 is 44.2 Å². The Kier molecular flexibility index (Phi) is 6.07. The van der Waals surface area contributed by atoms with E-state index in [1.807, 2.05) is 31.2 Å². The number of nitrogens with two attached hydrogens (primary N) is 1. The van der Waals surface area contributed by atoms with Gasteiger partial charge in [0.1, 0.15) is 5.75 Å². The van der Waals surface area contributed by atoms with Crippen LogP contribution in [0.5, 0.6) is 11.5 Å². The van der Waals surface area contributed by atoms with Crippen molar-refractivity contribution in [1.82, 2.24) is 0 Å². The number of hydrogen-bond acceptors (Lipinski definition) is 4. The number of anilines is 1. The van der Waals surface area contributed by atoms with Crippen molar-refractivity contribution in [1.29, 1.82) is 0 Å². The normalized spacial score (nSPS) is 9.65. The number of nitrogen functional groups attached to an aromatic ring is 1. The van der Waals surface area contributed by atoms with Gasteiger partial charge in [-0.05, 0) is 30.2 Å². The third-order valence-corrected chi connectivity index (χ3v) is 2.80. The Labute approximate surface area is 139 Å². The molecule has 0 saturated carbocycles. The third-order valence-electron chi connectivity index (χ3n) is 2.80. The first-order valence-corrected chi connectivity index (χ1v) is 5.88. The Balaban J connectivity index is 0.00000200. The van der Waals surface area contributed by atoms with E-state index in [2.05, 4.69) is 0 Å². The standard InChI is InChI=1S/C15H15NO3.Na/c1-10-5-2-3-7-12(10)19-13-8-4-6-11(15(13)16)9-14(17)18;/h2-8H,9,16H2,1H3,(H,17,18);/q;+1/p-1. The van der Waals surface area contributed by atoms with Crippen LogP contribution in [0, 0.1) is 6.92 Å². The zero-order valence-corrected chi connectivity index (χ0v) is 13.6. The van der Waals surface area contributed by atoms with Gasteiger partial charge < -0.3 is 20.4 Å². The van der Waals surface area contributed by atoms with E-state index in [4.69, 9.17) is 10.5 Å². The van der Waals surface area contributed by atoms with Gasteiger partial charge in [0.15, 0.2) is 5.75 Å².